The lowest BCUT2D eigenvalue weighted by molar-refractivity contribution is -0.160. The van der Waals surface area contributed by atoms with Crippen molar-refractivity contribution in [2.45, 2.75) is 59.8 Å². The van der Waals surface area contributed by atoms with Gasteiger partial charge in [-0.05, 0) is 70.4 Å². The number of carboxylic acid groups (broad SMARTS) is 1. The molecule has 1 heterocycles. The maximum absolute atomic E-state index is 14.5. The molecule has 6 heteroatoms. The first kappa shape index (κ1) is 23.8. The van der Waals surface area contributed by atoms with Crippen LogP contribution < -0.4 is 10.1 Å². The molecule has 2 N–H and O–H groups in total. The lowest BCUT2D eigenvalue weighted by atomic mass is 9.86. The second-order valence-electron chi connectivity index (χ2n) is 9.73. The molecular formula is C28H30FNO4. The highest BCUT2D eigenvalue weighted by Gasteiger charge is 2.35. The van der Waals surface area contributed by atoms with Crippen LogP contribution >= 0.6 is 0 Å². The van der Waals surface area contributed by atoms with Gasteiger partial charge in [0.15, 0.2) is 11.9 Å². The molecule has 0 spiro atoms. The van der Waals surface area contributed by atoms with Crippen molar-refractivity contribution >= 4 is 11.7 Å². The number of carbonyl (C=O) groups is 1. The third-order valence-electron chi connectivity index (χ3n) is 6.02. The highest BCUT2D eigenvalue weighted by molar-refractivity contribution is 5.88. The summed E-state index contributed by atoms with van der Waals surface area (Å²) in [7, 11) is 0. The summed E-state index contributed by atoms with van der Waals surface area (Å²) < 4.78 is 26.9. The van der Waals surface area contributed by atoms with Crippen LogP contribution in [0, 0.1) is 26.6 Å². The Morgan fingerprint density at radius 1 is 1.09 bits per heavy atom. The van der Waals surface area contributed by atoms with Gasteiger partial charge in [-0.25, -0.2) is 9.18 Å². The number of rotatable bonds is 4. The van der Waals surface area contributed by atoms with Crippen LogP contribution in [0.5, 0.6) is 11.5 Å². The second-order valence-corrected chi connectivity index (χ2v) is 9.73. The normalized spacial score (nSPS) is 13.7. The number of halogens is 1. The highest BCUT2D eigenvalue weighted by atomic mass is 19.1. The lowest BCUT2D eigenvalue weighted by Crippen LogP contribution is -2.28. The molecule has 0 saturated carbocycles. The lowest BCUT2D eigenvalue weighted by Gasteiger charge is -2.30. The van der Waals surface area contributed by atoms with Gasteiger partial charge in [0.2, 0.25) is 0 Å². The van der Waals surface area contributed by atoms with Crippen LogP contribution in [0.2, 0.25) is 0 Å². The minimum absolute atomic E-state index is 0.219. The van der Waals surface area contributed by atoms with E-state index < -0.39 is 17.7 Å². The fourth-order valence-corrected chi connectivity index (χ4v) is 4.44. The summed E-state index contributed by atoms with van der Waals surface area (Å²) in [5, 5.41) is 13.5. The maximum Gasteiger partial charge on any atom is 0.337 e. The number of anilines is 1. The van der Waals surface area contributed by atoms with Gasteiger partial charge in [0.05, 0.1) is 11.3 Å². The van der Waals surface area contributed by atoms with Crippen molar-refractivity contribution in [1.82, 2.24) is 0 Å². The smallest absolute Gasteiger partial charge is 0.337 e. The van der Waals surface area contributed by atoms with E-state index in [0.717, 1.165) is 22.3 Å². The summed E-state index contributed by atoms with van der Waals surface area (Å²) in [6.07, 6.45) is -1.20. The van der Waals surface area contributed by atoms with Crippen molar-refractivity contribution in [1.29, 1.82) is 0 Å². The van der Waals surface area contributed by atoms with Crippen molar-refractivity contribution < 1.29 is 23.8 Å². The zero-order chi connectivity index (χ0) is 24.8. The quantitative estimate of drug-likeness (QED) is 0.433. The standard InChI is InChI=1S/C28H30FNO4/c1-15-10-12-18(13-11-15)22-17(3)25-24(30-14-19-20(29)8-7-9-21(19)33-25)16(2)23(22)26(27(31)32)34-28(4,5)6/h7-13,26,30H,14H2,1-6H3,(H,31,32)/t26-/m0/s1. The van der Waals surface area contributed by atoms with Crippen LogP contribution in [-0.2, 0) is 16.1 Å². The van der Waals surface area contributed by atoms with E-state index in [9.17, 15) is 14.3 Å². The molecular weight excluding hydrogens is 433 g/mol. The van der Waals surface area contributed by atoms with E-state index in [1.165, 1.54) is 6.07 Å². The van der Waals surface area contributed by atoms with E-state index in [0.29, 0.717) is 33.9 Å². The Morgan fingerprint density at radius 2 is 1.76 bits per heavy atom. The number of carboxylic acids is 1. The summed E-state index contributed by atoms with van der Waals surface area (Å²) in [5.41, 5.74) is 5.09. The highest BCUT2D eigenvalue weighted by Crippen LogP contribution is 2.49. The van der Waals surface area contributed by atoms with E-state index >= 15 is 0 Å². The van der Waals surface area contributed by atoms with Gasteiger partial charge in [0.1, 0.15) is 11.6 Å². The topological polar surface area (TPSA) is 67.8 Å². The Balaban J connectivity index is 2.03. The van der Waals surface area contributed by atoms with Crippen molar-refractivity contribution in [2.24, 2.45) is 0 Å². The molecule has 0 bridgehead atoms. The number of hydrogen-bond donors (Lipinski definition) is 2. The van der Waals surface area contributed by atoms with Crippen molar-refractivity contribution in [2.75, 3.05) is 5.32 Å². The molecule has 3 aromatic carbocycles. The number of benzene rings is 3. The van der Waals surface area contributed by atoms with Crippen LogP contribution in [0.1, 0.15) is 54.7 Å². The SMILES string of the molecule is Cc1ccc(-c2c(C)c3c(c(C)c2[C@H](OC(C)(C)C)C(=O)O)NCc2c(F)cccc2O3)cc1. The van der Waals surface area contributed by atoms with Gasteiger partial charge in [-0.2, -0.15) is 0 Å². The summed E-state index contributed by atoms with van der Waals surface area (Å²) in [4.78, 5) is 12.5. The zero-order valence-electron chi connectivity index (χ0n) is 20.4. The molecule has 1 atom stereocenters. The van der Waals surface area contributed by atoms with Gasteiger partial charge >= 0.3 is 5.97 Å². The minimum atomic E-state index is -1.20. The molecule has 0 unspecified atom stereocenters. The fourth-order valence-electron chi connectivity index (χ4n) is 4.44. The number of ether oxygens (including phenoxy) is 2. The Kier molecular flexibility index (Phi) is 6.13. The third-order valence-corrected chi connectivity index (χ3v) is 6.02. The predicted octanol–water partition coefficient (Wildman–Crippen LogP) is 7.08. The molecule has 0 saturated heterocycles. The minimum Gasteiger partial charge on any atom is -0.479 e. The maximum atomic E-state index is 14.5. The summed E-state index contributed by atoms with van der Waals surface area (Å²) in [6, 6.07) is 12.7. The number of hydrogen-bond acceptors (Lipinski definition) is 4. The number of nitrogens with one attached hydrogen (secondary N) is 1. The Bertz CT molecular complexity index is 1260. The van der Waals surface area contributed by atoms with Crippen LogP contribution in [-0.4, -0.2) is 16.7 Å². The summed E-state index contributed by atoms with van der Waals surface area (Å²) in [5.74, 6) is -0.431. The number of fused-ring (bicyclic) bond motifs is 2. The van der Waals surface area contributed by atoms with Gasteiger partial charge in [-0.15, -0.1) is 0 Å². The molecule has 0 fully saturated rings. The van der Waals surface area contributed by atoms with E-state index in [2.05, 4.69) is 5.32 Å². The number of aryl methyl sites for hydroxylation is 1. The van der Waals surface area contributed by atoms with Crippen LogP contribution in [0.15, 0.2) is 42.5 Å². The zero-order valence-corrected chi connectivity index (χ0v) is 20.4. The predicted molar refractivity (Wildman–Crippen MR) is 131 cm³/mol. The van der Waals surface area contributed by atoms with E-state index in [1.807, 2.05) is 65.8 Å². The monoisotopic (exact) mass is 463 g/mol. The average molecular weight is 464 g/mol. The second kappa shape index (κ2) is 8.76. The van der Waals surface area contributed by atoms with Gasteiger partial charge in [-0.3, -0.25) is 0 Å². The Hall–Kier alpha value is -3.38. The molecule has 5 nitrogen and oxygen atoms in total. The van der Waals surface area contributed by atoms with Crippen molar-refractivity contribution in [3.63, 3.8) is 0 Å². The van der Waals surface area contributed by atoms with Crippen molar-refractivity contribution in [3.8, 4) is 22.6 Å². The summed E-state index contributed by atoms with van der Waals surface area (Å²) in [6.45, 7) is 11.5. The molecule has 3 aromatic rings. The number of aliphatic carboxylic acids is 1. The van der Waals surface area contributed by atoms with Gasteiger partial charge in [0.25, 0.3) is 0 Å². The largest absolute Gasteiger partial charge is 0.479 e. The molecule has 1 aliphatic rings. The third kappa shape index (κ3) is 4.38. The first-order valence-electron chi connectivity index (χ1n) is 11.3. The van der Waals surface area contributed by atoms with E-state index in [-0.39, 0.29) is 12.4 Å². The Morgan fingerprint density at radius 3 is 2.38 bits per heavy atom. The van der Waals surface area contributed by atoms with Crippen LogP contribution in [0.3, 0.4) is 0 Å². The summed E-state index contributed by atoms with van der Waals surface area (Å²) >= 11 is 0. The van der Waals surface area contributed by atoms with E-state index in [4.69, 9.17) is 9.47 Å². The van der Waals surface area contributed by atoms with Crippen LogP contribution in [0.25, 0.3) is 11.1 Å². The molecule has 34 heavy (non-hydrogen) atoms. The average Bonchev–Trinajstić information content (AvgIpc) is 2.96. The van der Waals surface area contributed by atoms with Crippen LogP contribution in [0.4, 0.5) is 10.1 Å². The molecule has 0 amide bonds. The molecule has 0 aliphatic carbocycles. The first-order chi connectivity index (χ1) is 16.0. The van der Waals surface area contributed by atoms with Gasteiger partial charge < -0.3 is 19.9 Å². The molecule has 1 aliphatic heterocycles. The van der Waals surface area contributed by atoms with Gasteiger partial charge in [-0.1, -0.05) is 35.9 Å². The molecule has 178 valence electrons. The van der Waals surface area contributed by atoms with Crippen molar-refractivity contribution in [3.05, 3.63) is 76.1 Å². The molecule has 0 radical (unpaired) electrons. The Labute approximate surface area is 199 Å². The van der Waals surface area contributed by atoms with E-state index in [1.54, 1.807) is 12.1 Å². The van der Waals surface area contributed by atoms with Gasteiger partial charge in [0, 0.05) is 23.2 Å². The first-order valence-corrected chi connectivity index (χ1v) is 11.3. The fraction of sp³-hybridized carbons (Fsp3) is 0.321. The molecule has 0 aromatic heterocycles. The molecule has 4 rings (SSSR count).